The van der Waals surface area contributed by atoms with Crippen LogP contribution in [0.2, 0.25) is 0 Å². The lowest BCUT2D eigenvalue weighted by Gasteiger charge is -2.16. The molecule has 1 fully saturated rings. The van der Waals surface area contributed by atoms with Gasteiger partial charge in [0.05, 0.1) is 19.1 Å². The average molecular weight is 314 g/mol. The van der Waals surface area contributed by atoms with E-state index in [9.17, 15) is 8.42 Å². The van der Waals surface area contributed by atoms with E-state index in [2.05, 4.69) is 10.0 Å². The maximum Gasteiger partial charge on any atom is 0.240 e. The number of sulfonamides is 1. The van der Waals surface area contributed by atoms with Crippen molar-refractivity contribution in [3.8, 4) is 11.5 Å². The van der Waals surface area contributed by atoms with Crippen molar-refractivity contribution in [1.82, 2.24) is 10.0 Å². The first kappa shape index (κ1) is 16.1. The van der Waals surface area contributed by atoms with E-state index < -0.39 is 10.0 Å². The molecular weight excluding hydrogens is 292 g/mol. The van der Waals surface area contributed by atoms with Gasteiger partial charge in [-0.1, -0.05) is 6.92 Å². The Labute approximate surface area is 125 Å². The van der Waals surface area contributed by atoms with Crippen molar-refractivity contribution in [3.63, 3.8) is 0 Å². The third kappa shape index (κ3) is 3.87. The Bertz CT molecular complexity index is 597. The minimum atomic E-state index is -3.53. The lowest BCUT2D eigenvalue weighted by atomic mass is 10.2. The molecule has 2 rings (SSSR count). The number of ether oxygens (including phenoxy) is 2. The Hall–Kier alpha value is -1.31. The molecule has 6 nitrogen and oxygen atoms in total. The first-order valence-electron chi connectivity index (χ1n) is 6.99. The second kappa shape index (κ2) is 6.64. The maximum absolute atomic E-state index is 12.2. The van der Waals surface area contributed by atoms with Crippen molar-refractivity contribution >= 4 is 10.0 Å². The zero-order chi connectivity index (χ0) is 15.5. The number of rotatable bonds is 8. The molecule has 0 unspecified atom stereocenters. The molecule has 2 N–H and O–H groups in total. The van der Waals surface area contributed by atoms with Crippen LogP contribution < -0.4 is 19.5 Å². The van der Waals surface area contributed by atoms with Crippen molar-refractivity contribution in [2.75, 3.05) is 20.8 Å². The Kier molecular flexibility index (Phi) is 5.08. The predicted octanol–water partition coefficient (Wildman–Crippen LogP) is 1.25. The Morgan fingerprint density at radius 3 is 2.48 bits per heavy atom. The summed E-state index contributed by atoms with van der Waals surface area (Å²) in [5.74, 6) is 0.991. The molecule has 0 radical (unpaired) electrons. The molecular formula is C14H22N2O4S. The van der Waals surface area contributed by atoms with Crippen LogP contribution in [-0.2, 0) is 16.6 Å². The molecule has 1 aromatic rings. The standard InChI is InChI=1S/C14H22N2O4S/c1-4-16-21(17,18)12-7-10(9-15-11-5-6-11)14(20-3)13(8-12)19-2/h7-8,11,15-16H,4-6,9H2,1-3H3. The number of methoxy groups -OCH3 is 2. The van der Waals surface area contributed by atoms with E-state index >= 15 is 0 Å². The van der Waals surface area contributed by atoms with Crippen LogP contribution in [0.15, 0.2) is 17.0 Å². The fourth-order valence-electron chi connectivity index (χ4n) is 2.12. The van der Waals surface area contributed by atoms with Gasteiger partial charge < -0.3 is 14.8 Å². The van der Waals surface area contributed by atoms with Crippen LogP contribution in [0.25, 0.3) is 0 Å². The second-order valence-electron chi connectivity index (χ2n) is 4.97. The Morgan fingerprint density at radius 1 is 1.24 bits per heavy atom. The number of benzene rings is 1. The molecule has 0 aromatic heterocycles. The summed E-state index contributed by atoms with van der Waals surface area (Å²) in [5, 5.41) is 3.36. The zero-order valence-corrected chi connectivity index (χ0v) is 13.4. The third-order valence-electron chi connectivity index (χ3n) is 3.33. The van der Waals surface area contributed by atoms with E-state index in [1.807, 2.05) is 0 Å². The maximum atomic E-state index is 12.2. The van der Waals surface area contributed by atoms with Crippen LogP contribution in [-0.4, -0.2) is 35.2 Å². The topological polar surface area (TPSA) is 76.7 Å². The first-order chi connectivity index (χ1) is 10.0. The van der Waals surface area contributed by atoms with Crippen molar-refractivity contribution in [2.45, 2.75) is 37.2 Å². The van der Waals surface area contributed by atoms with Crippen LogP contribution in [0.4, 0.5) is 0 Å². The molecule has 118 valence electrons. The highest BCUT2D eigenvalue weighted by molar-refractivity contribution is 7.89. The Morgan fingerprint density at radius 2 is 1.95 bits per heavy atom. The highest BCUT2D eigenvalue weighted by atomic mass is 32.2. The first-order valence-corrected chi connectivity index (χ1v) is 8.48. The Balaban J connectivity index is 2.39. The van der Waals surface area contributed by atoms with Crippen molar-refractivity contribution in [1.29, 1.82) is 0 Å². The molecule has 1 aliphatic carbocycles. The highest BCUT2D eigenvalue weighted by Gasteiger charge is 2.23. The molecule has 0 heterocycles. The molecule has 0 atom stereocenters. The zero-order valence-electron chi connectivity index (χ0n) is 12.6. The van der Waals surface area contributed by atoms with Crippen LogP contribution in [0, 0.1) is 0 Å². The molecule has 1 aromatic carbocycles. The van der Waals surface area contributed by atoms with Gasteiger partial charge in [-0.2, -0.15) is 0 Å². The van der Waals surface area contributed by atoms with E-state index in [-0.39, 0.29) is 4.90 Å². The fourth-order valence-corrected chi connectivity index (χ4v) is 3.22. The molecule has 1 aliphatic rings. The summed E-state index contributed by atoms with van der Waals surface area (Å²) in [6.45, 7) is 2.64. The van der Waals surface area contributed by atoms with Gasteiger partial charge >= 0.3 is 0 Å². The minimum Gasteiger partial charge on any atom is -0.493 e. The normalized spacial score (nSPS) is 15.0. The molecule has 7 heteroatoms. The number of nitrogens with one attached hydrogen (secondary N) is 2. The molecule has 21 heavy (non-hydrogen) atoms. The van der Waals surface area contributed by atoms with Gasteiger partial charge in [0.15, 0.2) is 11.5 Å². The molecule has 0 amide bonds. The summed E-state index contributed by atoms with van der Waals surface area (Å²) in [6.07, 6.45) is 2.32. The molecule has 1 saturated carbocycles. The third-order valence-corrected chi connectivity index (χ3v) is 4.86. The van der Waals surface area contributed by atoms with Gasteiger partial charge in [0.25, 0.3) is 0 Å². The number of hydrogen-bond acceptors (Lipinski definition) is 5. The lowest BCUT2D eigenvalue weighted by Crippen LogP contribution is -2.24. The second-order valence-corrected chi connectivity index (χ2v) is 6.74. The summed E-state index contributed by atoms with van der Waals surface area (Å²) >= 11 is 0. The molecule has 0 saturated heterocycles. The van der Waals surface area contributed by atoms with Gasteiger partial charge in [-0.05, 0) is 18.9 Å². The summed E-state index contributed by atoms with van der Waals surface area (Å²) in [7, 11) is -0.475. The molecule has 0 bridgehead atoms. The van der Waals surface area contributed by atoms with E-state index in [0.29, 0.717) is 30.6 Å². The molecule has 0 aliphatic heterocycles. The minimum absolute atomic E-state index is 0.189. The summed E-state index contributed by atoms with van der Waals surface area (Å²) in [5.41, 5.74) is 0.778. The van der Waals surface area contributed by atoms with Gasteiger partial charge in [0.1, 0.15) is 0 Å². The fraction of sp³-hybridized carbons (Fsp3) is 0.571. The smallest absolute Gasteiger partial charge is 0.240 e. The molecule has 0 spiro atoms. The van der Waals surface area contributed by atoms with E-state index in [4.69, 9.17) is 9.47 Å². The van der Waals surface area contributed by atoms with Crippen LogP contribution in [0.1, 0.15) is 25.3 Å². The average Bonchev–Trinajstić information content (AvgIpc) is 3.28. The van der Waals surface area contributed by atoms with Crippen LogP contribution >= 0.6 is 0 Å². The largest absolute Gasteiger partial charge is 0.493 e. The monoisotopic (exact) mass is 314 g/mol. The van der Waals surface area contributed by atoms with E-state index in [1.165, 1.54) is 13.2 Å². The van der Waals surface area contributed by atoms with Gasteiger partial charge in [0.2, 0.25) is 10.0 Å². The van der Waals surface area contributed by atoms with Gasteiger partial charge in [-0.25, -0.2) is 13.1 Å². The van der Waals surface area contributed by atoms with Crippen LogP contribution in [0.5, 0.6) is 11.5 Å². The van der Waals surface area contributed by atoms with Crippen molar-refractivity contribution in [2.24, 2.45) is 0 Å². The summed E-state index contributed by atoms with van der Waals surface area (Å²) in [6, 6.07) is 3.64. The van der Waals surface area contributed by atoms with Crippen molar-refractivity contribution in [3.05, 3.63) is 17.7 Å². The SMILES string of the molecule is CCNS(=O)(=O)c1cc(CNC2CC2)c(OC)c(OC)c1. The predicted molar refractivity (Wildman–Crippen MR) is 80.3 cm³/mol. The van der Waals surface area contributed by atoms with Gasteiger partial charge in [-0.15, -0.1) is 0 Å². The van der Waals surface area contributed by atoms with Crippen molar-refractivity contribution < 1.29 is 17.9 Å². The van der Waals surface area contributed by atoms with Crippen LogP contribution in [0.3, 0.4) is 0 Å². The lowest BCUT2D eigenvalue weighted by molar-refractivity contribution is 0.349. The highest BCUT2D eigenvalue weighted by Crippen LogP contribution is 2.34. The van der Waals surface area contributed by atoms with Gasteiger partial charge in [0, 0.05) is 30.8 Å². The summed E-state index contributed by atoms with van der Waals surface area (Å²) < 4.78 is 37.5. The summed E-state index contributed by atoms with van der Waals surface area (Å²) in [4.78, 5) is 0.189. The van der Waals surface area contributed by atoms with Gasteiger partial charge in [-0.3, -0.25) is 0 Å². The van der Waals surface area contributed by atoms with E-state index in [1.54, 1.807) is 20.1 Å². The van der Waals surface area contributed by atoms with E-state index in [0.717, 1.165) is 18.4 Å². The number of hydrogen-bond donors (Lipinski definition) is 2. The quantitative estimate of drug-likeness (QED) is 0.755.